The van der Waals surface area contributed by atoms with Crippen LogP contribution in [0.2, 0.25) is 0 Å². The van der Waals surface area contributed by atoms with E-state index in [0.717, 1.165) is 24.1 Å². The van der Waals surface area contributed by atoms with E-state index in [-0.39, 0.29) is 0 Å². The molecule has 1 aliphatic heterocycles. The van der Waals surface area contributed by atoms with Crippen LogP contribution in [0.25, 0.3) is 11.0 Å². The molecule has 0 amide bonds. The molecular weight excluding hydrogens is 326 g/mol. The lowest BCUT2D eigenvalue weighted by Crippen LogP contribution is -2.41. The summed E-state index contributed by atoms with van der Waals surface area (Å²) in [5.41, 5.74) is 3.93. The minimum atomic E-state index is 0.892. The highest BCUT2D eigenvalue weighted by atomic mass is 79.9. The summed E-state index contributed by atoms with van der Waals surface area (Å²) in [6.07, 6.45) is 1.18. The van der Waals surface area contributed by atoms with E-state index in [2.05, 4.69) is 78.9 Å². The molecule has 0 atom stereocenters. The smallest absolute Gasteiger partial charge is 0.277 e. The van der Waals surface area contributed by atoms with Crippen LogP contribution in [-0.2, 0) is 13.1 Å². The Labute approximate surface area is 132 Å². The van der Waals surface area contributed by atoms with E-state index >= 15 is 0 Å². The van der Waals surface area contributed by atoms with Crippen molar-refractivity contribution >= 4 is 32.9 Å². The number of anilines is 1. The zero-order chi connectivity index (χ0) is 14.2. The molecule has 0 saturated heterocycles. The fraction of sp³-hybridized carbons (Fsp3) is 0.235. The summed E-state index contributed by atoms with van der Waals surface area (Å²) in [4.78, 5) is 0. The van der Waals surface area contributed by atoms with Crippen molar-refractivity contribution in [1.82, 2.24) is 4.57 Å². The lowest BCUT2D eigenvalue weighted by atomic mass is 10.2. The topological polar surface area (TPSA) is 20.8 Å². The number of nitrogens with zero attached hydrogens (tertiary/aromatic N) is 2. The molecule has 0 radical (unpaired) electrons. The van der Waals surface area contributed by atoms with Crippen LogP contribution in [-0.4, -0.2) is 11.1 Å². The molecule has 21 heavy (non-hydrogen) atoms. The number of rotatable bonds is 2. The molecule has 1 aliphatic rings. The van der Waals surface area contributed by atoms with Crippen molar-refractivity contribution in [2.75, 3.05) is 11.9 Å². The predicted molar refractivity (Wildman–Crippen MR) is 88.5 cm³/mol. The van der Waals surface area contributed by atoms with Crippen molar-refractivity contribution in [3.05, 3.63) is 58.6 Å². The number of para-hydroxylation sites is 2. The Hall–Kier alpha value is -1.81. The molecule has 4 heteroatoms. The standard InChI is InChI=1S/C17H16BrN3/c18-14-8-6-13(7-9-14)12-21-16-5-2-1-4-15(16)20-11-3-10-19-17(20)21/h1-2,4-9H,3,10-12H2/p+1. The number of halogens is 1. The maximum Gasteiger partial charge on any atom is 0.358 e. The first kappa shape index (κ1) is 12.9. The van der Waals surface area contributed by atoms with Crippen LogP contribution >= 0.6 is 15.9 Å². The van der Waals surface area contributed by atoms with Gasteiger partial charge in [0, 0.05) is 10.9 Å². The van der Waals surface area contributed by atoms with E-state index < -0.39 is 0 Å². The van der Waals surface area contributed by atoms with E-state index in [1.54, 1.807) is 0 Å². The molecule has 0 fully saturated rings. The molecule has 0 aliphatic carbocycles. The third-order valence-corrected chi connectivity index (χ3v) is 4.60. The van der Waals surface area contributed by atoms with Gasteiger partial charge >= 0.3 is 5.95 Å². The van der Waals surface area contributed by atoms with Crippen LogP contribution in [0.4, 0.5) is 5.95 Å². The molecule has 106 valence electrons. The first-order valence-corrected chi connectivity index (χ1v) is 8.11. The maximum atomic E-state index is 3.57. The highest BCUT2D eigenvalue weighted by molar-refractivity contribution is 9.10. The third-order valence-electron chi connectivity index (χ3n) is 4.07. The molecule has 1 N–H and O–H groups in total. The van der Waals surface area contributed by atoms with E-state index in [1.165, 1.54) is 29.0 Å². The Morgan fingerprint density at radius 2 is 1.90 bits per heavy atom. The summed E-state index contributed by atoms with van der Waals surface area (Å²) < 4.78 is 5.91. The Morgan fingerprint density at radius 3 is 2.76 bits per heavy atom. The highest BCUT2D eigenvalue weighted by Crippen LogP contribution is 2.22. The predicted octanol–water partition coefficient (Wildman–Crippen LogP) is 3.56. The quantitative estimate of drug-likeness (QED) is 0.706. The van der Waals surface area contributed by atoms with Gasteiger partial charge in [-0.1, -0.05) is 40.2 Å². The van der Waals surface area contributed by atoms with Gasteiger partial charge in [0.25, 0.3) is 0 Å². The van der Waals surface area contributed by atoms with Crippen LogP contribution < -0.4 is 9.88 Å². The SMILES string of the molecule is Brc1ccc(Cn2c3[n+](c4ccccc42)CCCN3)cc1. The van der Waals surface area contributed by atoms with Crippen molar-refractivity contribution in [3.8, 4) is 0 Å². The molecule has 3 nitrogen and oxygen atoms in total. The summed E-state index contributed by atoms with van der Waals surface area (Å²) in [7, 11) is 0. The lowest BCUT2D eigenvalue weighted by Gasteiger charge is -2.12. The number of imidazole rings is 1. The molecule has 0 unspecified atom stereocenters. The normalized spacial score (nSPS) is 14.0. The number of aromatic nitrogens is 2. The Morgan fingerprint density at radius 1 is 1.10 bits per heavy atom. The fourth-order valence-corrected chi connectivity index (χ4v) is 3.35. The van der Waals surface area contributed by atoms with Gasteiger partial charge in [-0.25, -0.2) is 9.13 Å². The second-order valence-electron chi connectivity index (χ2n) is 5.46. The van der Waals surface area contributed by atoms with Gasteiger partial charge in [-0.15, -0.1) is 0 Å². The number of aryl methyl sites for hydroxylation is 1. The Kier molecular flexibility index (Phi) is 3.19. The first-order chi connectivity index (χ1) is 10.3. The van der Waals surface area contributed by atoms with Gasteiger partial charge in [0.2, 0.25) is 0 Å². The van der Waals surface area contributed by atoms with Crippen molar-refractivity contribution in [3.63, 3.8) is 0 Å². The zero-order valence-electron chi connectivity index (χ0n) is 11.7. The van der Waals surface area contributed by atoms with Gasteiger partial charge in [-0.3, -0.25) is 5.32 Å². The van der Waals surface area contributed by atoms with Crippen LogP contribution in [0.15, 0.2) is 53.0 Å². The van der Waals surface area contributed by atoms with Gasteiger partial charge in [0.05, 0.1) is 19.6 Å². The van der Waals surface area contributed by atoms with Gasteiger partial charge in [0.15, 0.2) is 0 Å². The van der Waals surface area contributed by atoms with Crippen LogP contribution in [0, 0.1) is 0 Å². The molecule has 2 aromatic carbocycles. The van der Waals surface area contributed by atoms with Crippen molar-refractivity contribution in [2.24, 2.45) is 0 Å². The molecule has 3 aromatic rings. The monoisotopic (exact) mass is 342 g/mol. The molecule has 0 bridgehead atoms. The van der Waals surface area contributed by atoms with Crippen molar-refractivity contribution in [1.29, 1.82) is 0 Å². The van der Waals surface area contributed by atoms with Crippen LogP contribution in [0.1, 0.15) is 12.0 Å². The molecule has 2 heterocycles. The summed E-state index contributed by atoms with van der Waals surface area (Å²) in [6.45, 7) is 3.04. The molecule has 0 saturated carbocycles. The average Bonchev–Trinajstić information content (AvgIpc) is 2.85. The van der Waals surface area contributed by atoms with Gasteiger partial charge in [-0.05, 0) is 29.8 Å². The fourth-order valence-electron chi connectivity index (χ4n) is 3.08. The largest absolute Gasteiger partial charge is 0.358 e. The van der Waals surface area contributed by atoms with Crippen molar-refractivity contribution < 1.29 is 4.57 Å². The molecular formula is C17H17BrN3+. The summed E-state index contributed by atoms with van der Waals surface area (Å²) >= 11 is 3.50. The van der Waals surface area contributed by atoms with Gasteiger partial charge in [0.1, 0.15) is 11.0 Å². The number of nitrogens with one attached hydrogen (secondary N) is 1. The number of benzene rings is 2. The summed E-state index contributed by atoms with van der Waals surface area (Å²) in [5.74, 6) is 1.23. The molecule has 1 aromatic heterocycles. The van der Waals surface area contributed by atoms with Gasteiger partial charge < -0.3 is 0 Å². The minimum absolute atomic E-state index is 0.892. The Bertz CT molecular complexity index is 790. The minimum Gasteiger partial charge on any atom is -0.277 e. The zero-order valence-corrected chi connectivity index (χ0v) is 13.3. The maximum absolute atomic E-state index is 3.57. The first-order valence-electron chi connectivity index (χ1n) is 7.32. The van der Waals surface area contributed by atoms with E-state index in [9.17, 15) is 0 Å². The lowest BCUT2D eigenvalue weighted by molar-refractivity contribution is -0.661. The Balaban J connectivity index is 1.85. The molecule has 0 spiro atoms. The average molecular weight is 343 g/mol. The number of hydrogen-bond acceptors (Lipinski definition) is 1. The summed E-state index contributed by atoms with van der Waals surface area (Å²) in [5, 5.41) is 3.57. The highest BCUT2D eigenvalue weighted by Gasteiger charge is 2.25. The van der Waals surface area contributed by atoms with Crippen LogP contribution in [0.5, 0.6) is 0 Å². The second-order valence-corrected chi connectivity index (χ2v) is 6.37. The van der Waals surface area contributed by atoms with E-state index in [0.29, 0.717) is 0 Å². The number of fused-ring (bicyclic) bond motifs is 3. The van der Waals surface area contributed by atoms with Gasteiger partial charge in [-0.2, -0.15) is 0 Å². The van der Waals surface area contributed by atoms with Crippen molar-refractivity contribution in [2.45, 2.75) is 19.5 Å². The number of hydrogen-bond donors (Lipinski definition) is 1. The third kappa shape index (κ3) is 2.23. The van der Waals surface area contributed by atoms with E-state index in [1.807, 2.05) is 0 Å². The second kappa shape index (κ2) is 5.19. The molecule has 4 rings (SSSR count). The summed E-state index contributed by atoms with van der Waals surface area (Å²) in [6, 6.07) is 17.2. The van der Waals surface area contributed by atoms with Crippen LogP contribution in [0.3, 0.4) is 0 Å². The van der Waals surface area contributed by atoms with E-state index in [4.69, 9.17) is 0 Å².